The highest BCUT2D eigenvalue weighted by Gasteiger charge is 2.51. The van der Waals surface area contributed by atoms with E-state index in [1.807, 2.05) is 0 Å². The van der Waals surface area contributed by atoms with Crippen LogP contribution in [0.1, 0.15) is 23.0 Å². The summed E-state index contributed by atoms with van der Waals surface area (Å²) in [6, 6.07) is 8.09. The predicted molar refractivity (Wildman–Crippen MR) is 94.9 cm³/mol. The Labute approximate surface area is 162 Å². The van der Waals surface area contributed by atoms with Crippen molar-refractivity contribution in [1.29, 1.82) is 0 Å². The van der Waals surface area contributed by atoms with Gasteiger partial charge in [-0.05, 0) is 12.1 Å². The highest BCUT2D eigenvalue weighted by Crippen LogP contribution is 2.42. The molecule has 0 radical (unpaired) electrons. The van der Waals surface area contributed by atoms with Gasteiger partial charge >= 0.3 is 5.97 Å². The van der Waals surface area contributed by atoms with Crippen LogP contribution in [0.5, 0.6) is 0 Å². The van der Waals surface area contributed by atoms with Crippen LogP contribution in [0, 0.1) is 0 Å². The van der Waals surface area contributed by atoms with Crippen LogP contribution in [0.25, 0.3) is 11.2 Å². The number of alkyl halides is 2. The molecule has 0 saturated carbocycles. The Bertz CT molecular complexity index is 1030. The lowest BCUT2D eigenvalue weighted by molar-refractivity contribution is -0.104. The summed E-state index contributed by atoms with van der Waals surface area (Å²) in [4.78, 5) is 23.8. The number of fused-ring (bicyclic) bond motifs is 1. The molecule has 2 aromatic heterocycles. The average Bonchev–Trinajstić information content (AvgIpc) is 3.20. The zero-order valence-electron chi connectivity index (χ0n) is 14.3. The van der Waals surface area contributed by atoms with Crippen LogP contribution in [0.2, 0.25) is 5.15 Å². The van der Waals surface area contributed by atoms with E-state index in [-0.39, 0.29) is 27.8 Å². The molecule has 0 unspecified atom stereocenters. The molecule has 11 heteroatoms. The molecule has 3 heterocycles. The maximum Gasteiger partial charge on any atom is 0.338 e. The quantitative estimate of drug-likeness (QED) is 0.521. The minimum absolute atomic E-state index is 0.0133. The number of ether oxygens (including phenoxy) is 2. The van der Waals surface area contributed by atoms with Crippen molar-refractivity contribution in [2.75, 3.05) is 12.3 Å². The molecule has 4 rings (SSSR count). The van der Waals surface area contributed by atoms with Crippen molar-refractivity contribution in [2.24, 2.45) is 0 Å². The number of imidazole rings is 1. The number of aromatic nitrogens is 4. The van der Waals surface area contributed by atoms with Gasteiger partial charge in [0.15, 0.2) is 16.9 Å². The second-order valence-electron chi connectivity index (χ2n) is 6.21. The molecule has 28 heavy (non-hydrogen) atoms. The van der Waals surface area contributed by atoms with Gasteiger partial charge in [-0.25, -0.2) is 18.6 Å². The molecule has 8 nitrogen and oxygen atoms in total. The number of carbonyl (C=O) groups excluding carboxylic acids is 1. The minimum atomic E-state index is -3.22. The first-order valence-electron chi connectivity index (χ1n) is 8.26. The summed E-state index contributed by atoms with van der Waals surface area (Å²) in [5.74, 6) is -4.04. The van der Waals surface area contributed by atoms with Crippen LogP contribution >= 0.6 is 11.6 Å². The molecule has 2 atom stereocenters. The molecular weight excluding hydrogens is 396 g/mol. The zero-order chi connectivity index (χ0) is 19.9. The van der Waals surface area contributed by atoms with Gasteiger partial charge in [0.25, 0.3) is 5.92 Å². The molecule has 1 aromatic carbocycles. The van der Waals surface area contributed by atoms with Gasteiger partial charge in [0.1, 0.15) is 18.4 Å². The van der Waals surface area contributed by atoms with E-state index in [1.54, 1.807) is 18.2 Å². The third-order valence-corrected chi connectivity index (χ3v) is 4.58. The van der Waals surface area contributed by atoms with Gasteiger partial charge in [-0.15, -0.1) is 0 Å². The lowest BCUT2D eigenvalue weighted by atomic mass is 10.1. The van der Waals surface area contributed by atoms with Crippen LogP contribution in [0.3, 0.4) is 0 Å². The second kappa shape index (κ2) is 6.95. The number of nitrogens with two attached hydrogens (primary N) is 1. The van der Waals surface area contributed by atoms with Crippen LogP contribution in [0.4, 0.5) is 14.7 Å². The summed E-state index contributed by atoms with van der Waals surface area (Å²) < 4.78 is 40.6. The number of carbonyl (C=O) groups is 1. The van der Waals surface area contributed by atoms with Crippen LogP contribution < -0.4 is 5.73 Å². The van der Waals surface area contributed by atoms with Gasteiger partial charge in [-0.1, -0.05) is 29.8 Å². The first-order chi connectivity index (χ1) is 13.3. The molecule has 0 amide bonds. The van der Waals surface area contributed by atoms with E-state index in [9.17, 15) is 13.6 Å². The number of nitrogens with zero attached hydrogens (tertiary/aromatic N) is 4. The van der Waals surface area contributed by atoms with E-state index in [0.29, 0.717) is 0 Å². The molecule has 2 N–H and O–H groups in total. The molecule has 3 aromatic rings. The van der Waals surface area contributed by atoms with Crippen LogP contribution in [-0.4, -0.2) is 44.1 Å². The molecule has 1 aliphatic rings. The topological polar surface area (TPSA) is 105 Å². The van der Waals surface area contributed by atoms with Crippen molar-refractivity contribution >= 4 is 34.7 Å². The summed E-state index contributed by atoms with van der Waals surface area (Å²) in [6.07, 6.45) is -2.06. The normalized spacial score (nSPS) is 21.1. The van der Waals surface area contributed by atoms with Crippen molar-refractivity contribution in [3.05, 3.63) is 47.4 Å². The first kappa shape index (κ1) is 18.5. The van der Waals surface area contributed by atoms with E-state index in [2.05, 4.69) is 15.0 Å². The maximum absolute atomic E-state index is 14.4. The summed E-state index contributed by atoms with van der Waals surface area (Å²) in [5.41, 5.74) is 6.25. The largest absolute Gasteiger partial charge is 0.459 e. The Kier molecular flexibility index (Phi) is 4.60. The smallest absolute Gasteiger partial charge is 0.338 e. The molecule has 1 aliphatic heterocycles. The predicted octanol–water partition coefficient (Wildman–Crippen LogP) is 2.84. The number of benzene rings is 1. The molecule has 0 aliphatic carbocycles. The standard InChI is InChI=1S/C17H14ClF2N5O3/c18-13-12-14(24-16(21)23-13)25(8-22-12)11-6-17(19,20)10(28-11)7-27-15(26)9-4-2-1-3-5-9/h1-5,8,10-11H,6-7H2,(H2,21,23,24)/t10-,11+/m0/s1. The molecule has 0 spiro atoms. The van der Waals surface area contributed by atoms with Gasteiger partial charge in [0.05, 0.1) is 18.3 Å². The van der Waals surface area contributed by atoms with E-state index >= 15 is 0 Å². The third-order valence-electron chi connectivity index (χ3n) is 4.32. The van der Waals surface area contributed by atoms with Crippen molar-refractivity contribution in [1.82, 2.24) is 19.5 Å². The van der Waals surface area contributed by atoms with Gasteiger partial charge in [0, 0.05) is 0 Å². The van der Waals surface area contributed by atoms with Crippen molar-refractivity contribution in [3.8, 4) is 0 Å². The second-order valence-corrected chi connectivity index (χ2v) is 6.56. The van der Waals surface area contributed by atoms with Gasteiger partial charge < -0.3 is 15.2 Å². The fourth-order valence-corrected chi connectivity index (χ4v) is 3.16. The molecule has 0 bridgehead atoms. The summed E-state index contributed by atoms with van der Waals surface area (Å²) in [6.45, 7) is -0.595. The monoisotopic (exact) mass is 409 g/mol. The fraction of sp³-hybridized carbons (Fsp3) is 0.294. The van der Waals surface area contributed by atoms with Crippen molar-refractivity contribution in [3.63, 3.8) is 0 Å². The Hall–Kier alpha value is -2.85. The lowest BCUT2D eigenvalue weighted by Crippen LogP contribution is -2.33. The lowest BCUT2D eigenvalue weighted by Gasteiger charge is -2.17. The maximum atomic E-state index is 14.4. The van der Waals surface area contributed by atoms with Crippen molar-refractivity contribution < 1.29 is 23.0 Å². The number of hydrogen-bond acceptors (Lipinski definition) is 7. The van der Waals surface area contributed by atoms with Gasteiger partial charge in [-0.2, -0.15) is 9.97 Å². The van der Waals surface area contributed by atoms with Gasteiger partial charge in [-0.3, -0.25) is 4.57 Å². The molecule has 1 fully saturated rings. The highest BCUT2D eigenvalue weighted by molar-refractivity contribution is 6.33. The Morgan fingerprint density at radius 2 is 2.11 bits per heavy atom. The van der Waals surface area contributed by atoms with E-state index < -0.39 is 37.3 Å². The summed E-state index contributed by atoms with van der Waals surface area (Å²) >= 11 is 5.96. The number of esters is 1. The summed E-state index contributed by atoms with van der Waals surface area (Å²) in [5, 5.41) is 0.0133. The highest BCUT2D eigenvalue weighted by atomic mass is 35.5. The third kappa shape index (κ3) is 3.36. The van der Waals surface area contributed by atoms with Crippen molar-refractivity contribution in [2.45, 2.75) is 24.7 Å². The van der Waals surface area contributed by atoms with Gasteiger partial charge in [0.2, 0.25) is 5.95 Å². The van der Waals surface area contributed by atoms with E-state index in [1.165, 1.54) is 23.0 Å². The number of anilines is 1. The number of rotatable bonds is 4. The number of hydrogen-bond donors (Lipinski definition) is 1. The zero-order valence-corrected chi connectivity index (χ0v) is 15.0. The first-order valence-corrected chi connectivity index (χ1v) is 8.64. The van der Waals surface area contributed by atoms with E-state index in [4.69, 9.17) is 26.8 Å². The summed E-state index contributed by atoms with van der Waals surface area (Å²) in [7, 11) is 0. The average molecular weight is 410 g/mol. The SMILES string of the molecule is Nc1nc(Cl)c2ncn([C@H]3CC(F)(F)[C@H](COC(=O)c4ccccc4)O3)c2n1. The fourth-order valence-electron chi connectivity index (χ4n) is 2.94. The number of halogens is 3. The Morgan fingerprint density at radius 3 is 2.86 bits per heavy atom. The Morgan fingerprint density at radius 1 is 1.36 bits per heavy atom. The van der Waals surface area contributed by atoms with Crippen LogP contribution in [-0.2, 0) is 9.47 Å². The molecule has 1 saturated heterocycles. The Balaban J connectivity index is 1.51. The van der Waals surface area contributed by atoms with Crippen LogP contribution in [0.15, 0.2) is 36.7 Å². The minimum Gasteiger partial charge on any atom is -0.459 e. The molecule has 146 valence electrons. The number of nitrogen functional groups attached to an aromatic ring is 1. The van der Waals surface area contributed by atoms with E-state index in [0.717, 1.165) is 0 Å². The molecular formula is C17H14ClF2N5O3.